The zero-order valence-corrected chi connectivity index (χ0v) is 5.76. The lowest BCUT2D eigenvalue weighted by Crippen LogP contribution is -2.22. The van der Waals surface area contributed by atoms with Gasteiger partial charge in [-0.3, -0.25) is 0 Å². The highest BCUT2D eigenvalue weighted by atomic mass is 35.5. The average Bonchev–Trinajstić information content (AvgIpc) is 2.15. The second-order valence-electron chi connectivity index (χ2n) is 2.81. The van der Waals surface area contributed by atoms with E-state index in [2.05, 4.69) is 5.32 Å². The Morgan fingerprint density at radius 1 is 1.12 bits per heavy atom. The molecule has 1 spiro atoms. The Labute approximate surface area is 56.3 Å². The van der Waals surface area contributed by atoms with Crippen LogP contribution in [0.25, 0.3) is 0 Å². The maximum Gasteiger partial charge on any atom is 0.0183 e. The van der Waals surface area contributed by atoms with Crippen LogP contribution in [0.15, 0.2) is 0 Å². The topological polar surface area (TPSA) is 12.0 Å². The summed E-state index contributed by atoms with van der Waals surface area (Å²) in [6.07, 6.45) is 5.77. The van der Waals surface area contributed by atoms with Gasteiger partial charge in [-0.05, 0) is 32.2 Å². The second kappa shape index (κ2) is 1.89. The molecule has 1 aliphatic heterocycles. The van der Waals surface area contributed by atoms with Crippen LogP contribution in [-0.4, -0.2) is 12.1 Å². The summed E-state index contributed by atoms with van der Waals surface area (Å²) >= 11 is 0. The van der Waals surface area contributed by atoms with Gasteiger partial charge in [-0.15, -0.1) is 12.4 Å². The number of nitrogens with one attached hydrogen (secondary N) is 1. The van der Waals surface area contributed by atoms with Crippen LogP contribution in [0.3, 0.4) is 0 Å². The second-order valence-corrected chi connectivity index (χ2v) is 2.81. The van der Waals surface area contributed by atoms with E-state index >= 15 is 0 Å². The lowest BCUT2D eigenvalue weighted by molar-refractivity contribution is 0.601. The van der Waals surface area contributed by atoms with Crippen LogP contribution in [0.5, 0.6) is 0 Å². The molecule has 2 fully saturated rings. The van der Waals surface area contributed by atoms with Gasteiger partial charge in [0.15, 0.2) is 0 Å². The molecule has 1 saturated heterocycles. The standard InChI is InChI=1S/C6H11N.ClH/c1-2-6(3-4-6)7-5-1;/h7H,1-5H2;1H. The van der Waals surface area contributed by atoms with E-state index in [1.54, 1.807) is 0 Å². The lowest BCUT2D eigenvalue weighted by Gasteiger charge is -2.01. The summed E-state index contributed by atoms with van der Waals surface area (Å²) in [6, 6.07) is 0. The molecule has 48 valence electrons. The van der Waals surface area contributed by atoms with Gasteiger partial charge in [0.1, 0.15) is 0 Å². The zero-order chi connectivity index (χ0) is 4.74. The first-order chi connectivity index (χ1) is 3.41. The molecule has 1 nitrogen and oxygen atoms in total. The van der Waals surface area contributed by atoms with Crippen molar-refractivity contribution in [1.29, 1.82) is 0 Å². The summed E-state index contributed by atoms with van der Waals surface area (Å²) in [7, 11) is 0. The molecule has 0 aromatic carbocycles. The lowest BCUT2D eigenvalue weighted by atomic mass is 10.2. The van der Waals surface area contributed by atoms with Gasteiger partial charge in [-0.1, -0.05) is 0 Å². The smallest absolute Gasteiger partial charge is 0.0183 e. The van der Waals surface area contributed by atoms with E-state index in [0.717, 1.165) is 0 Å². The highest BCUT2D eigenvalue weighted by Crippen LogP contribution is 2.42. The Balaban J connectivity index is 0.000000320. The van der Waals surface area contributed by atoms with Crippen LogP contribution in [0.1, 0.15) is 25.7 Å². The van der Waals surface area contributed by atoms with Crippen LogP contribution in [0.2, 0.25) is 0 Å². The summed E-state index contributed by atoms with van der Waals surface area (Å²) in [5, 5.41) is 3.51. The fraction of sp³-hybridized carbons (Fsp3) is 1.00. The maximum absolute atomic E-state index is 3.51. The van der Waals surface area contributed by atoms with E-state index in [9.17, 15) is 0 Å². The number of hydrogen-bond acceptors (Lipinski definition) is 1. The predicted molar refractivity (Wildman–Crippen MR) is 36.4 cm³/mol. The van der Waals surface area contributed by atoms with E-state index in [4.69, 9.17) is 0 Å². The fourth-order valence-corrected chi connectivity index (χ4v) is 1.45. The number of halogens is 1. The highest BCUT2D eigenvalue weighted by Gasteiger charge is 2.43. The fourth-order valence-electron chi connectivity index (χ4n) is 1.45. The largest absolute Gasteiger partial charge is 0.311 e. The van der Waals surface area contributed by atoms with Gasteiger partial charge in [-0.25, -0.2) is 0 Å². The SMILES string of the molecule is C1CNC2(C1)CC2.Cl. The van der Waals surface area contributed by atoms with Gasteiger partial charge >= 0.3 is 0 Å². The number of rotatable bonds is 0. The third kappa shape index (κ3) is 0.848. The average molecular weight is 134 g/mol. The third-order valence-electron chi connectivity index (χ3n) is 2.19. The van der Waals surface area contributed by atoms with Crippen LogP contribution < -0.4 is 5.32 Å². The van der Waals surface area contributed by atoms with Gasteiger partial charge in [0.25, 0.3) is 0 Å². The molecule has 0 radical (unpaired) electrons. The van der Waals surface area contributed by atoms with Crippen molar-refractivity contribution in [2.75, 3.05) is 6.54 Å². The molecule has 0 bridgehead atoms. The van der Waals surface area contributed by atoms with Gasteiger partial charge < -0.3 is 5.32 Å². The first-order valence-electron chi connectivity index (χ1n) is 3.16. The Kier molecular flexibility index (Phi) is 1.50. The van der Waals surface area contributed by atoms with Crippen LogP contribution in [0, 0.1) is 0 Å². The maximum atomic E-state index is 3.51. The van der Waals surface area contributed by atoms with E-state index in [1.165, 1.54) is 32.2 Å². The van der Waals surface area contributed by atoms with Crippen molar-refractivity contribution in [3.63, 3.8) is 0 Å². The Hall–Kier alpha value is 0.250. The van der Waals surface area contributed by atoms with Gasteiger partial charge in [0.2, 0.25) is 0 Å². The molecule has 0 unspecified atom stereocenters. The van der Waals surface area contributed by atoms with Crippen molar-refractivity contribution in [3.8, 4) is 0 Å². The van der Waals surface area contributed by atoms with E-state index < -0.39 is 0 Å². The third-order valence-corrected chi connectivity index (χ3v) is 2.19. The first-order valence-corrected chi connectivity index (χ1v) is 3.16. The minimum atomic E-state index is 0. The Morgan fingerprint density at radius 3 is 2.12 bits per heavy atom. The molecule has 1 heterocycles. The summed E-state index contributed by atoms with van der Waals surface area (Å²) in [5.41, 5.74) is 0.694. The van der Waals surface area contributed by atoms with E-state index in [0.29, 0.717) is 5.54 Å². The Morgan fingerprint density at radius 2 is 1.88 bits per heavy atom. The van der Waals surface area contributed by atoms with Crippen LogP contribution in [0.4, 0.5) is 0 Å². The molecule has 1 aliphatic carbocycles. The van der Waals surface area contributed by atoms with Crippen molar-refractivity contribution in [2.24, 2.45) is 0 Å². The minimum absolute atomic E-state index is 0. The summed E-state index contributed by atoms with van der Waals surface area (Å²) in [5.74, 6) is 0. The minimum Gasteiger partial charge on any atom is -0.311 e. The quantitative estimate of drug-likeness (QED) is 0.526. The summed E-state index contributed by atoms with van der Waals surface area (Å²) < 4.78 is 0. The van der Waals surface area contributed by atoms with Crippen molar-refractivity contribution < 1.29 is 0 Å². The molecule has 8 heavy (non-hydrogen) atoms. The molecule has 0 aromatic heterocycles. The van der Waals surface area contributed by atoms with Crippen molar-refractivity contribution in [2.45, 2.75) is 31.2 Å². The van der Waals surface area contributed by atoms with E-state index in [1.807, 2.05) is 0 Å². The van der Waals surface area contributed by atoms with Crippen molar-refractivity contribution in [3.05, 3.63) is 0 Å². The molecule has 2 aliphatic rings. The number of hydrogen-bond donors (Lipinski definition) is 1. The van der Waals surface area contributed by atoms with E-state index in [-0.39, 0.29) is 12.4 Å². The highest BCUT2D eigenvalue weighted by molar-refractivity contribution is 5.85. The van der Waals surface area contributed by atoms with Crippen molar-refractivity contribution in [1.82, 2.24) is 5.32 Å². The van der Waals surface area contributed by atoms with Crippen LogP contribution in [-0.2, 0) is 0 Å². The molecular weight excluding hydrogens is 122 g/mol. The van der Waals surface area contributed by atoms with Crippen LogP contribution >= 0.6 is 12.4 Å². The molecule has 0 aromatic rings. The zero-order valence-electron chi connectivity index (χ0n) is 4.94. The Bertz CT molecular complexity index is 80.5. The summed E-state index contributed by atoms with van der Waals surface area (Å²) in [6.45, 7) is 1.28. The molecule has 0 atom stereocenters. The molecule has 0 amide bonds. The molecule has 2 rings (SSSR count). The molecule has 2 heteroatoms. The van der Waals surface area contributed by atoms with Gasteiger partial charge in [0.05, 0.1) is 0 Å². The molecule has 1 saturated carbocycles. The normalized spacial score (nSPS) is 30.0. The molecular formula is C6H12ClN. The van der Waals surface area contributed by atoms with Gasteiger partial charge in [0, 0.05) is 5.54 Å². The predicted octanol–water partition coefficient (Wildman–Crippen LogP) is 1.32. The molecule has 1 N–H and O–H groups in total. The van der Waals surface area contributed by atoms with Gasteiger partial charge in [-0.2, -0.15) is 0 Å². The van der Waals surface area contributed by atoms with Crippen molar-refractivity contribution >= 4 is 12.4 Å². The first kappa shape index (κ1) is 6.37. The monoisotopic (exact) mass is 133 g/mol. The summed E-state index contributed by atoms with van der Waals surface area (Å²) in [4.78, 5) is 0.